The fourth-order valence-corrected chi connectivity index (χ4v) is 2.45. The highest BCUT2D eigenvalue weighted by Gasteiger charge is 2.06. The third-order valence-electron chi connectivity index (χ3n) is 2.94. The molecule has 0 spiro atoms. The molecular weight excluding hydrogens is 390 g/mol. The van der Waals surface area contributed by atoms with Crippen LogP contribution in [0.15, 0.2) is 52.0 Å². The number of halogens is 1. The van der Waals surface area contributed by atoms with E-state index >= 15 is 0 Å². The Labute approximate surface area is 155 Å². The summed E-state index contributed by atoms with van der Waals surface area (Å²) in [6.45, 7) is 2.92. The monoisotopic (exact) mass is 407 g/mol. The molecule has 0 heterocycles. The van der Waals surface area contributed by atoms with E-state index in [9.17, 15) is 0 Å². The van der Waals surface area contributed by atoms with Gasteiger partial charge in [0, 0.05) is 4.47 Å². The Bertz CT molecular complexity index is 738. The van der Waals surface area contributed by atoms with E-state index in [1.165, 1.54) is 0 Å². The molecule has 0 saturated carbocycles. The second kappa shape index (κ2) is 9.24. The first-order chi connectivity index (χ1) is 11.6. The number of nitrogens with zero attached hydrogens (tertiary/aromatic N) is 1. The van der Waals surface area contributed by atoms with E-state index in [1.807, 2.05) is 49.4 Å². The molecule has 0 aliphatic rings. The lowest BCUT2D eigenvalue weighted by Crippen LogP contribution is -2.23. The molecule has 0 aliphatic carbocycles. The van der Waals surface area contributed by atoms with E-state index < -0.39 is 0 Å². The molecular formula is C17H18BrN3O2S. The van der Waals surface area contributed by atoms with Crippen LogP contribution in [0.3, 0.4) is 0 Å². The summed E-state index contributed by atoms with van der Waals surface area (Å²) in [5.41, 5.74) is 9.75. The number of nitrogens with two attached hydrogens (primary N) is 1. The van der Waals surface area contributed by atoms with Crippen LogP contribution in [0.25, 0.3) is 0 Å². The second-order valence-electron chi connectivity index (χ2n) is 4.79. The van der Waals surface area contributed by atoms with Crippen molar-refractivity contribution in [1.29, 1.82) is 0 Å². The Morgan fingerprint density at radius 1 is 1.25 bits per heavy atom. The topological polar surface area (TPSA) is 68.9 Å². The van der Waals surface area contributed by atoms with Gasteiger partial charge in [0.05, 0.1) is 12.8 Å². The molecule has 7 heteroatoms. The van der Waals surface area contributed by atoms with E-state index in [1.54, 1.807) is 6.21 Å². The van der Waals surface area contributed by atoms with Crippen molar-refractivity contribution >= 4 is 39.5 Å². The highest BCUT2D eigenvalue weighted by atomic mass is 79.9. The number of nitrogens with one attached hydrogen (secondary N) is 1. The zero-order valence-electron chi connectivity index (χ0n) is 13.2. The number of thiocarbonyl (C=S) groups is 1. The van der Waals surface area contributed by atoms with E-state index in [2.05, 4.69) is 26.5 Å². The zero-order valence-corrected chi connectivity index (χ0v) is 15.6. The summed E-state index contributed by atoms with van der Waals surface area (Å²) in [7, 11) is 0. The summed E-state index contributed by atoms with van der Waals surface area (Å²) in [5.74, 6) is 1.34. The molecule has 0 unspecified atom stereocenters. The van der Waals surface area contributed by atoms with Crippen LogP contribution in [-0.2, 0) is 6.61 Å². The number of hydrogen-bond acceptors (Lipinski definition) is 4. The predicted molar refractivity (Wildman–Crippen MR) is 104 cm³/mol. The SMILES string of the molecule is CCOc1cc(C=NNC(N)=S)ccc1OCc1cccc(Br)c1. The lowest BCUT2D eigenvalue weighted by atomic mass is 10.2. The summed E-state index contributed by atoms with van der Waals surface area (Å²) < 4.78 is 12.6. The standard InChI is InChI=1S/C17H18BrN3O2S/c1-2-22-16-9-12(10-20-21-17(19)24)6-7-15(16)23-11-13-4-3-5-14(18)8-13/h3-10H,2,11H2,1H3,(H3,19,21,24). The van der Waals surface area contributed by atoms with Gasteiger partial charge in [0.1, 0.15) is 6.61 Å². The van der Waals surface area contributed by atoms with Crippen molar-refractivity contribution < 1.29 is 9.47 Å². The molecule has 5 nitrogen and oxygen atoms in total. The summed E-state index contributed by atoms with van der Waals surface area (Å²) in [4.78, 5) is 0. The van der Waals surface area contributed by atoms with Gasteiger partial charge < -0.3 is 15.2 Å². The molecule has 2 aromatic carbocycles. The maximum Gasteiger partial charge on any atom is 0.184 e. The maximum atomic E-state index is 5.88. The predicted octanol–water partition coefficient (Wildman–Crippen LogP) is 3.59. The quantitative estimate of drug-likeness (QED) is 0.416. The first-order valence-corrected chi connectivity index (χ1v) is 8.51. The molecule has 0 aliphatic heterocycles. The van der Waals surface area contributed by atoms with Gasteiger partial charge in [0.15, 0.2) is 16.6 Å². The van der Waals surface area contributed by atoms with Crippen molar-refractivity contribution in [2.24, 2.45) is 10.8 Å². The molecule has 3 N–H and O–H groups in total. The minimum atomic E-state index is 0.116. The first-order valence-electron chi connectivity index (χ1n) is 7.31. The van der Waals surface area contributed by atoms with E-state index in [4.69, 9.17) is 27.4 Å². The third kappa shape index (κ3) is 5.82. The van der Waals surface area contributed by atoms with Crippen LogP contribution >= 0.6 is 28.1 Å². The van der Waals surface area contributed by atoms with Crippen LogP contribution < -0.4 is 20.6 Å². The molecule has 2 rings (SSSR count). The van der Waals surface area contributed by atoms with Crippen molar-refractivity contribution in [1.82, 2.24) is 5.43 Å². The summed E-state index contributed by atoms with van der Waals surface area (Å²) in [5, 5.41) is 4.05. The van der Waals surface area contributed by atoms with Gasteiger partial charge in [-0.05, 0) is 60.6 Å². The number of ether oxygens (including phenoxy) is 2. The Hall–Kier alpha value is -2.12. The fourth-order valence-electron chi connectivity index (χ4n) is 1.95. The normalized spacial score (nSPS) is 10.6. The van der Waals surface area contributed by atoms with Gasteiger partial charge >= 0.3 is 0 Å². The van der Waals surface area contributed by atoms with Crippen LogP contribution in [-0.4, -0.2) is 17.9 Å². The van der Waals surface area contributed by atoms with Crippen LogP contribution in [0.2, 0.25) is 0 Å². The van der Waals surface area contributed by atoms with Crippen LogP contribution in [0, 0.1) is 0 Å². The third-order valence-corrected chi connectivity index (χ3v) is 3.52. The Morgan fingerprint density at radius 2 is 2.08 bits per heavy atom. The lowest BCUT2D eigenvalue weighted by Gasteiger charge is -2.12. The van der Waals surface area contributed by atoms with Gasteiger partial charge in [-0.25, -0.2) is 0 Å². The van der Waals surface area contributed by atoms with Crippen molar-refractivity contribution in [3.63, 3.8) is 0 Å². The van der Waals surface area contributed by atoms with Gasteiger partial charge in [-0.15, -0.1) is 0 Å². The highest BCUT2D eigenvalue weighted by molar-refractivity contribution is 9.10. The maximum absolute atomic E-state index is 5.88. The number of hydrazone groups is 1. The van der Waals surface area contributed by atoms with Gasteiger partial charge in [-0.3, -0.25) is 5.43 Å². The number of hydrogen-bond donors (Lipinski definition) is 2. The van der Waals surface area contributed by atoms with Gasteiger partial charge in [0.2, 0.25) is 0 Å². The number of rotatable bonds is 7. The summed E-state index contributed by atoms with van der Waals surface area (Å²) >= 11 is 8.15. The smallest absolute Gasteiger partial charge is 0.184 e. The van der Waals surface area contributed by atoms with Gasteiger partial charge in [0.25, 0.3) is 0 Å². The Balaban J connectivity index is 2.10. The molecule has 0 atom stereocenters. The van der Waals surface area contributed by atoms with Gasteiger partial charge in [-0.2, -0.15) is 5.10 Å². The molecule has 0 fully saturated rings. The Morgan fingerprint density at radius 3 is 2.79 bits per heavy atom. The molecule has 24 heavy (non-hydrogen) atoms. The van der Waals surface area contributed by atoms with Crippen LogP contribution in [0.4, 0.5) is 0 Å². The van der Waals surface area contributed by atoms with Crippen molar-refractivity contribution in [3.8, 4) is 11.5 Å². The highest BCUT2D eigenvalue weighted by Crippen LogP contribution is 2.29. The van der Waals surface area contributed by atoms with E-state index in [0.717, 1.165) is 15.6 Å². The molecule has 126 valence electrons. The van der Waals surface area contributed by atoms with E-state index in [0.29, 0.717) is 24.7 Å². The number of benzene rings is 2. The second-order valence-corrected chi connectivity index (χ2v) is 6.15. The summed E-state index contributed by atoms with van der Waals surface area (Å²) in [6, 6.07) is 13.6. The molecule has 0 bridgehead atoms. The largest absolute Gasteiger partial charge is 0.490 e. The van der Waals surface area contributed by atoms with Crippen molar-refractivity contribution in [2.75, 3.05) is 6.61 Å². The average molecular weight is 408 g/mol. The fraction of sp³-hybridized carbons (Fsp3) is 0.176. The molecule has 0 amide bonds. The lowest BCUT2D eigenvalue weighted by molar-refractivity contribution is 0.269. The van der Waals surface area contributed by atoms with Crippen molar-refractivity contribution in [2.45, 2.75) is 13.5 Å². The van der Waals surface area contributed by atoms with Crippen LogP contribution in [0.5, 0.6) is 11.5 Å². The van der Waals surface area contributed by atoms with Crippen molar-refractivity contribution in [3.05, 3.63) is 58.1 Å². The molecule has 0 aromatic heterocycles. The molecule has 0 saturated heterocycles. The minimum Gasteiger partial charge on any atom is -0.490 e. The molecule has 2 aromatic rings. The average Bonchev–Trinajstić information content (AvgIpc) is 2.54. The van der Waals surface area contributed by atoms with Gasteiger partial charge in [-0.1, -0.05) is 28.1 Å². The molecule has 0 radical (unpaired) electrons. The van der Waals surface area contributed by atoms with E-state index in [-0.39, 0.29) is 5.11 Å². The Kier molecular flexibility index (Phi) is 7.02. The first kappa shape index (κ1) is 18.2. The summed E-state index contributed by atoms with van der Waals surface area (Å²) in [6.07, 6.45) is 1.61. The zero-order chi connectivity index (χ0) is 17.4. The minimum absolute atomic E-state index is 0.116. The van der Waals surface area contributed by atoms with Crippen LogP contribution in [0.1, 0.15) is 18.1 Å².